The largest absolute Gasteiger partial charge is 0.357 e. The van der Waals surface area contributed by atoms with Crippen LogP contribution in [0.15, 0.2) is 0 Å². The fourth-order valence-electron chi connectivity index (χ4n) is 1.47. The standard InChI is InChI=1S/C9H15N3S2/c1-2-8-11-9(14-12-8)10-7-3-5-13-6-4-7/h7H,2-6H2,1H3,(H,10,11,12). The summed E-state index contributed by atoms with van der Waals surface area (Å²) < 4.78 is 4.26. The van der Waals surface area contributed by atoms with Gasteiger partial charge in [0, 0.05) is 24.0 Å². The Kier molecular flexibility index (Phi) is 3.64. The van der Waals surface area contributed by atoms with E-state index in [4.69, 9.17) is 0 Å². The molecule has 1 fully saturated rings. The van der Waals surface area contributed by atoms with Gasteiger partial charge in [-0.25, -0.2) is 4.98 Å². The monoisotopic (exact) mass is 229 g/mol. The van der Waals surface area contributed by atoms with E-state index >= 15 is 0 Å². The van der Waals surface area contributed by atoms with Crippen LogP contribution in [0.5, 0.6) is 0 Å². The molecule has 14 heavy (non-hydrogen) atoms. The lowest BCUT2D eigenvalue weighted by atomic mass is 10.2. The molecular weight excluding hydrogens is 214 g/mol. The third-order valence-electron chi connectivity index (χ3n) is 2.33. The fourth-order valence-corrected chi connectivity index (χ4v) is 3.31. The number of hydrogen-bond acceptors (Lipinski definition) is 5. The smallest absolute Gasteiger partial charge is 0.202 e. The Morgan fingerprint density at radius 1 is 1.43 bits per heavy atom. The Labute approximate surface area is 92.9 Å². The summed E-state index contributed by atoms with van der Waals surface area (Å²) in [7, 11) is 0. The number of rotatable bonds is 3. The highest BCUT2D eigenvalue weighted by molar-refractivity contribution is 7.99. The first kappa shape index (κ1) is 10.2. The van der Waals surface area contributed by atoms with Crippen LogP contribution in [-0.4, -0.2) is 26.9 Å². The van der Waals surface area contributed by atoms with Gasteiger partial charge in [-0.15, -0.1) is 0 Å². The second kappa shape index (κ2) is 4.98. The lowest BCUT2D eigenvalue weighted by molar-refractivity contribution is 0.665. The van der Waals surface area contributed by atoms with Gasteiger partial charge in [0.05, 0.1) is 0 Å². The zero-order valence-electron chi connectivity index (χ0n) is 8.32. The maximum atomic E-state index is 4.41. The molecule has 1 N–H and O–H groups in total. The molecule has 0 radical (unpaired) electrons. The number of nitrogens with one attached hydrogen (secondary N) is 1. The average Bonchev–Trinajstić information content (AvgIpc) is 2.67. The van der Waals surface area contributed by atoms with Gasteiger partial charge in [0.1, 0.15) is 5.82 Å². The molecule has 2 rings (SSSR count). The highest BCUT2D eigenvalue weighted by Gasteiger charge is 2.14. The topological polar surface area (TPSA) is 37.8 Å². The van der Waals surface area contributed by atoms with E-state index in [0.717, 1.165) is 17.4 Å². The van der Waals surface area contributed by atoms with Gasteiger partial charge in [0.25, 0.3) is 0 Å². The summed E-state index contributed by atoms with van der Waals surface area (Å²) in [4.78, 5) is 4.41. The Morgan fingerprint density at radius 2 is 2.21 bits per heavy atom. The molecule has 0 aromatic carbocycles. The fraction of sp³-hybridized carbons (Fsp3) is 0.778. The lowest BCUT2D eigenvalue weighted by Gasteiger charge is -2.21. The second-order valence-corrected chi connectivity index (χ2v) is 5.38. The van der Waals surface area contributed by atoms with E-state index in [9.17, 15) is 0 Å². The zero-order valence-corrected chi connectivity index (χ0v) is 9.96. The summed E-state index contributed by atoms with van der Waals surface area (Å²) in [5.41, 5.74) is 0. The molecule has 0 aliphatic carbocycles. The summed E-state index contributed by atoms with van der Waals surface area (Å²) in [5.74, 6) is 3.51. The molecule has 0 atom stereocenters. The van der Waals surface area contributed by atoms with Gasteiger partial charge < -0.3 is 5.32 Å². The van der Waals surface area contributed by atoms with Crippen LogP contribution in [0.4, 0.5) is 5.13 Å². The Hall–Kier alpha value is -0.290. The molecule has 2 heterocycles. The van der Waals surface area contributed by atoms with E-state index in [1.54, 1.807) is 0 Å². The predicted molar refractivity (Wildman–Crippen MR) is 63.3 cm³/mol. The van der Waals surface area contributed by atoms with E-state index in [0.29, 0.717) is 6.04 Å². The number of hydrogen-bond donors (Lipinski definition) is 1. The van der Waals surface area contributed by atoms with Crippen LogP contribution >= 0.6 is 23.3 Å². The van der Waals surface area contributed by atoms with E-state index in [2.05, 4.69) is 21.6 Å². The molecule has 1 aromatic heterocycles. The van der Waals surface area contributed by atoms with Gasteiger partial charge in [-0.3, -0.25) is 0 Å². The van der Waals surface area contributed by atoms with Gasteiger partial charge >= 0.3 is 0 Å². The van der Waals surface area contributed by atoms with Crippen molar-refractivity contribution in [3.8, 4) is 0 Å². The highest BCUT2D eigenvalue weighted by Crippen LogP contribution is 2.21. The van der Waals surface area contributed by atoms with Gasteiger partial charge in [-0.2, -0.15) is 16.1 Å². The third-order valence-corrected chi connectivity index (χ3v) is 4.07. The molecule has 1 aromatic rings. The maximum absolute atomic E-state index is 4.41. The number of nitrogens with zero attached hydrogens (tertiary/aromatic N) is 2. The third kappa shape index (κ3) is 2.60. The van der Waals surface area contributed by atoms with E-state index in [-0.39, 0.29) is 0 Å². The van der Waals surface area contributed by atoms with Gasteiger partial charge in [-0.05, 0) is 24.3 Å². The molecule has 0 bridgehead atoms. The Morgan fingerprint density at radius 3 is 2.86 bits per heavy atom. The average molecular weight is 229 g/mol. The minimum atomic E-state index is 0.619. The van der Waals surface area contributed by atoms with Crippen molar-refractivity contribution in [2.45, 2.75) is 32.2 Å². The highest BCUT2D eigenvalue weighted by atomic mass is 32.2. The summed E-state index contributed by atoms with van der Waals surface area (Å²) in [6, 6.07) is 0.619. The molecule has 78 valence electrons. The van der Waals surface area contributed by atoms with Crippen LogP contribution < -0.4 is 5.32 Å². The molecule has 0 spiro atoms. The molecule has 0 unspecified atom stereocenters. The first-order valence-corrected chi connectivity index (χ1v) is 6.98. The first-order chi connectivity index (χ1) is 6.88. The number of aromatic nitrogens is 2. The molecule has 5 heteroatoms. The van der Waals surface area contributed by atoms with Crippen LogP contribution in [-0.2, 0) is 6.42 Å². The SMILES string of the molecule is CCc1nsc(NC2CCSCC2)n1. The summed E-state index contributed by atoms with van der Waals surface area (Å²) in [6.45, 7) is 2.09. The summed E-state index contributed by atoms with van der Waals surface area (Å²) >= 11 is 3.54. The lowest BCUT2D eigenvalue weighted by Crippen LogP contribution is -2.24. The van der Waals surface area contributed by atoms with Crippen molar-refractivity contribution >= 4 is 28.4 Å². The van der Waals surface area contributed by atoms with Crippen molar-refractivity contribution < 1.29 is 0 Å². The molecule has 1 aliphatic heterocycles. The van der Waals surface area contributed by atoms with Crippen LogP contribution in [0.1, 0.15) is 25.6 Å². The van der Waals surface area contributed by atoms with Crippen LogP contribution in [0.3, 0.4) is 0 Å². The van der Waals surface area contributed by atoms with Crippen molar-refractivity contribution in [1.29, 1.82) is 0 Å². The van der Waals surface area contributed by atoms with Crippen molar-refractivity contribution in [2.75, 3.05) is 16.8 Å². The van der Waals surface area contributed by atoms with Gasteiger partial charge in [0.15, 0.2) is 0 Å². The minimum absolute atomic E-state index is 0.619. The number of thioether (sulfide) groups is 1. The number of aryl methyl sites for hydroxylation is 1. The van der Waals surface area contributed by atoms with Crippen molar-refractivity contribution in [1.82, 2.24) is 9.36 Å². The molecule has 3 nitrogen and oxygen atoms in total. The van der Waals surface area contributed by atoms with Crippen LogP contribution in [0.25, 0.3) is 0 Å². The predicted octanol–water partition coefficient (Wildman–Crippen LogP) is 2.41. The van der Waals surface area contributed by atoms with Gasteiger partial charge in [0.2, 0.25) is 5.13 Å². The van der Waals surface area contributed by atoms with E-state index in [1.807, 2.05) is 11.8 Å². The van der Waals surface area contributed by atoms with Crippen molar-refractivity contribution in [2.24, 2.45) is 0 Å². The van der Waals surface area contributed by atoms with E-state index < -0.39 is 0 Å². The molecule has 0 saturated carbocycles. The molecule has 1 aliphatic rings. The van der Waals surface area contributed by atoms with Crippen LogP contribution in [0.2, 0.25) is 0 Å². The maximum Gasteiger partial charge on any atom is 0.202 e. The number of anilines is 1. The normalized spacial score (nSPS) is 18.4. The Balaban J connectivity index is 1.89. The molecule has 1 saturated heterocycles. The first-order valence-electron chi connectivity index (χ1n) is 5.05. The van der Waals surface area contributed by atoms with Crippen molar-refractivity contribution in [3.05, 3.63) is 5.82 Å². The van der Waals surface area contributed by atoms with E-state index in [1.165, 1.54) is 35.9 Å². The molecule has 0 amide bonds. The van der Waals surface area contributed by atoms with Crippen molar-refractivity contribution in [3.63, 3.8) is 0 Å². The second-order valence-electron chi connectivity index (χ2n) is 3.40. The van der Waals surface area contributed by atoms with Crippen LogP contribution in [0, 0.1) is 0 Å². The zero-order chi connectivity index (χ0) is 9.80. The molecular formula is C9H15N3S2. The minimum Gasteiger partial charge on any atom is -0.357 e. The van der Waals surface area contributed by atoms with Gasteiger partial charge in [-0.1, -0.05) is 6.92 Å². The summed E-state index contributed by atoms with van der Waals surface area (Å²) in [6.07, 6.45) is 3.44. The Bertz CT molecular complexity index is 281. The quantitative estimate of drug-likeness (QED) is 0.863. The summed E-state index contributed by atoms with van der Waals surface area (Å²) in [5, 5.41) is 4.47.